The molecule has 1 aromatic rings. The van der Waals surface area contributed by atoms with Gasteiger partial charge < -0.3 is 36.4 Å². The Balaban J connectivity index is 1.63. The number of anilines is 1. The number of likely N-dealkylation sites (N-methyl/N-ethyl adjacent to an activating group) is 1. The standard InChI is InChI=1S/C30H38N4O8/c1-33(2)18-12-13(7-8-19(35)17-6-5-9-32-17)24(36)21-15(18)10-14-11-16-23(34(3)4)26(38)22(29(31)41)28(40)30(16,42)27(39)20(14)25(21)37/h12,14,16-17,23,32,36-37,40,42H,5-11H2,1-4H3,(H2,31,41)/t14-,16-,17?,23?,30-/m0/s1. The molecule has 12 heteroatoms. The van der Waals surface area contributed by atoms with Crippen molar-refractivity contribution in [3.8, 4) is 5.75 Å². The quantitative estimate of drug-likeness (QED) is 0.242. The smallest absolute Gasteiger partial charge is 0.255 e. The molecule has 226 valence electrons. The van der Waals surface area contributed by atoms with Gasteiger partial charge >= 0.3 is 0 Å². The lowest BCUT2D eigenvalue weighted by Crippen LogP contribution is -2.65. The molecular weight excluding hydrogens is 544 g/mol. The number of aromatic hydroxyl groups is 1. The third-order valence-electron chi connectivity index (χ3n) is 9.35. The van der Waals surface area contributed by atoms with Gasteiger partial charge in [-0.1, -0.05) is 0 Å². The van der Waals surface area contributed by atoms with E-state index in [-0.39, 0.29) is 54.4 Å². The van der Waals surface area contributed by atoms with Crippen LogP contribution in [0.3, 0.4) is 0 Å². The lowest BCUT2D eigenvalue weighted by molar-refractivity contribution is -0.153. The van der Waals surface area contributed by atoms with Gasteiger partial charge in [0.25, 0.3) is 5.91 Å². The van der Waals surface area contributed by atoms with E-state index >= 15 is 0 Å². The molecule has 1 saturated carbocycles. The van der Waals surface area contributed by atoms with Gasteiger partial charge in [0.2, 0.25) is 5.78 Å². The lowest BCUT2D eigenvalue weighted by atomic mass is 9.57. The minimum atomic E-state index is -2.69. The molecule has 2 fully saturated rings. The number of aliphatic hydroxyl groups is 3. The van der Waals surface area contributed by atoms with Crippen molar-refractivity contribution < 1.29 is 39.6 Å². The van der Waals surface area contributed by atoms with E-state index in [1.54, 1.807) is 34.3 Å². The molecule has 2 unspecified atom stereocenters. The van der Waals surface area contributed by atoms with Crippen LogP contribution in [0.2, 0.25) is 0 Å². The summed E-state index contributed by atoms with van der Waals surface area (Å²) in [6.07, 6.45) is 2.28. The van der Waals surface area contributed by atoms with Gasteiger partial charge in [0.05, 0.1) is 17.6 Å². The fourth-order valence-electron chi connectivity index (χ4n) is 7.33. The van der Waals surface area contributed by atoms with Crippen LogP contribution in [0, 0.1) is 11.8 Å². The van der Waals surface area contributed by atoms with E-state index in [2.05, 4.69) is 5.32 Å². The van der Waals surface area contributed by atoms with Crippen molar-refractivity contribution in [2.75, 3.05) is 39.6 Å². The number of aliphatic hydroxyl groups excluding tert-OH is 2. The van der Waals surface area contributed by atoms with E-state index in [1.165, 1.54) is 4.90 Å². The molecule has 4 aliphatic rings. The molecule has 3 aliphatic carbocycles. The number of Topliss-reactive ketones (excluding diaryl/α,β-unsaturated/α-hetero) is 3. The molecule has 0 spiro atoms. The van der Waals surface area contributed by atoms with E-state index in [0.29, 0.717) is 16.8 Å². The Bertz CT molecular complexity index is 1460. The summed E-state index contributed by atoms with van der Waals surface area (Å²) in [6, 6.07) is 0.421. The summed E-state index contributed by atoms with van der Waals surface area (Å²) in [5, 5.41) is 49.0. The first-order valence-electron chi connectivity index (χ1n) is 14.2. The normalized spacial score (nSPS) is 29.0. The first-order chi connectivity index (χ1) is 19.7. The number of nitrogens with one attached hydrogen (secondary N) is 1. The fourth-order valence-corrected chi connectivity index (χ4v) is 7.33. The molecule has 1 heterocycles. The highest BCUT2D eigenvalue weighted by molar-refractivity contribution is 6.24. The second-order valence-corrected chi connectivity index (χ2v) is 12.2. The maximum absolute atomic E-state index is 14.1. The van der Waals surface area contributed by atoms with Gasteiger partial charge in [-0.15, -0.1) is 0 Å². The van der Waals surface area contributed by atoms with Crippen molar-refractivity contribution in [2.45, 2.75) is 56.2 Å². The maximum Gasteiger partial charge on any atom is 0.255 e. The Morgan fingerprint density at radius 3 is 2.40 bits per heavy atom. The highest BCUT2D eigenvalue weighted by atomic mass is 16.3. The average molecular weight is 583 g/mol. The van der Waals surface area contributed by atoms with Gasteiger partial charge in [0, 0.05) is 37.7 Å². The van der Waals surface area contributed by atoms with Crippen LogP contribution in [-0.2, 0) is 32.0 Å². The zero-order valence-electron chi connectivity index (χ0n) is 24.2. The van der Waals surface area contributed by atoms with E-state index in [4.69, 9.17) is 5.73 Å². The molecule has 1 amide bonds. The van der Waals surface area contributed by atoms with Crippen molar-refractivity contribution in [3.63, 3.8) is 0 Å². The number of amides is 1. The summed E-state index contributed by atoms with van der Waals surface area (Å²) in [5.41, 5.74) is 3.35. The summed E-state index contributed by atoms with van der Waals surface area (Å²) < 4.78 is 0. The number of fused-ring (bicyclic) bond motifs is 3. The number of ketones is 3. The number of hydrogen-bond donors (Lipinski definition) is 6. The van der Waals surface area contributed by atoms with Crippen LogP contribution < -0.4 is 16.0 Å². The van der Waals surface area contributed by atoms with Crippen LogP contribution in [0.5, 0.6) is 5.75 Å². The second kappa shape index (κ2) is 10.5. The Morgan fingerprint density at radius 2 is 1.83 bits per heavy atom. The first kappa shape index (κ1) is 29.7. The second-order valence-electron chi connectivity index (χ2n) is 12.2. The lowest BCUT2D eigenvalue weighted by Gasteiger charge is -2.50. The van der Waals surface area contributed by atoms with Gasteiger partial charge in [-0.25, -0.2) is 0 Å². The molecule has 0 radical (unpaired) electrons. The number of carbonyl (C=O) groups excluding carboxylic acids is 4. The number of aryl methyl sites for hydroxylation is 1. The molecule has 7 N–H and O–H groups in total. The van der Waals surface area contributed by atoms with E-state index in [1.807, 2.05) is 4.90 Å². The number of benzene rings is 1. The van der Waals surface area contributed by atoms with E-state index < -0.39 is 58.0 Å². The van der Waals surface area contributed by atoms with Crippen molar-refractivity contribution >= 4 is 34.7 Å². The van der Waals surface area contributed by atoms with Gasteiger partial charge in [-0.3, -0.25) is 24.1 Å². The third kappa shape index (κ3) is 4.31. The van der Waals surface area contributed by atoms with Crippen LogP contribution >= 0.6 is 0 Å². The SMILES string of the molecule is CN(C)c1cc(CCC(=O)C2CCCN2)c(O)c2c1C[C@H]1C[C@H]3C(N(C)C)C(=O)C(C(N)=O)=C(O)[C@@]3(O)C(=O)C1=C2O. The zero-order valence-corrected chi connectivity index (χ0v) is 24.2. The van der Waals surface area contributed by atoms with E-state index in [9.17, 15) is 39.6 Å². The molecule has 0 bridgehead atoms. The highest BCUT2D eigenvalue weighted by Crippen LogP contribution is 2.54. The Labute approximate surface area is 243 Å². The van der Waals surface area contributed by atoms with Crippen molar-refractivity contribution in [2.24, 2.45) is 17.6 Å². The van der Waals surface area contributed by atoms with Gasteiger partial charge in [-0.05, 0) is 75.9 Å². The largest absolute Gasteiger partial charge is 0.508 e. The molecule has 1 saturated heterocycles. The monoisotopic (exact) mass is 582 g/mol. The Hall–Kier alpha value is -3.74. The molecular formula is C30H38N4O8. The van der Waals surface area contributed by atoms with E-state index in [0.717, 1.165) is 19.4 Å². The van der Waals surface area contributed by atoms with Crippen molar-refractivity contribution in [1.82, 2.24) is 10.2 Å². The highest BCUT2D eigenvalue weighted by Gasteiger charge is 2.64. The number of rotatable bonds is 7. The van der Waals surface area contributed by atoms with Gasteiger partial charge in [0.1, 0.15) is 28.6 Å². The molecule has 12 nitrogen and oxygen atoms in total. The third-order valence-corrected chi connectivity index (χ3v) is 9.35. The number of phenols is 1. The molecule has 1 aromatic carbocycles. The fraction of sp³-hybridized carbons (Fsp3) is 0.533. The Kier molecular flexibility index (Phi) is 7.45. The van der Waals surface area contributed by atoms with Crippen LogP contribution in [0.4, 0.5) is 5.69 Å². The topological polar surface area (TPSA) is 194 Å². The number of primary amides is 1. The van der Waals surface area contributed by atoms with Crippen LogP contribution in [0.1, 0.15) is 42.4 Å². The van der Waals surface area contributed by atoms with Crippen LogP contribution in [0.15, 0.2) is 23.0 Å². The molecule has 42 heavy (non-hydrogen) atoms. The minimum Gasteiger partial charge on any atom is -0.508 e. The van der Waals surface area contributed by atoms with Crippen LogP contribution in [-0.4, -0.2) is 101 Å². The Morgan fingerprint density at radius 1 is 1.14 bits per heavy atom. The maximum atomic E-state index is 14.1. The summed E-state index contributed by atoms with van der Waals surface area (Å²) in [5.74, 6) is -6.82. The first-order valence-corrected chi connectivity index (χ1v) is 14.2. The summed E-state index contributed by atoms with van der Waals surface area (Å²) in [7, 11) is 6.73. The van der Waals surface area contributed by atoms with Gasteiger partial charge in [0.15, 0.2) is 11.4 Å². The molecule has 1 aliphatic heterocycles. The predicted molar refractivity (Wildman–Crippen MR) is 153 cm³/mol. The average Bonchev–Trinajstić information content (AvgIpc) is 3.45. The summed E-state index contributed by atoms with van der Waals surface area (Å²) in [4.78, 5) is 55.5. The number of carbonyl (C=O) groups is 4. The van der Waals surface area contributed by atoms with Crippen molar-refractivity contribution in [3.05, 3.63) is 39.7 Å². The zero-order chi connectivity index (χ0) is 30.8. The molecule has 0 aromatic heterocycles. The molecule has 5 atom stereocenters. The molecule has 5 rings (SSSR count). The van der Waals surface area contributed by atoms with Crippen molar-refractivity contribution in [1.29, 1.82) is 0 Å². The number of hydrogen-bond acceptors (Lipinski definition) is 11. The summed E-state index contributed by atoms with van der Waals surface area (Å²) >= 11 is 0. The summed E-state index contributed by atoms with van der Waals surface area (Å²) in [6.45, 7) is 0.782. The van der Waals surface area contributed by atoms with Crippen LogP contribution in [0.25, 0.3) is 5.76 Å². The number of phenolic OH excluding ortho intramolecular Hbond substituents is 1. The van der Waals surface area contributed by atoms with Gasteiger partial charge in [-0.2, -0.15) is 0 Å². The number of nitrogens with zero attached hydrogens (tertiary/aromatic N) is 2. The predicted octanol–water partition coefficient (Wildman–Crippen LogP) is 0.284. The number of nitrogens with two attached hydrogens (primary N) is 1. The minimum absolute atomic E-state index is 0.0179.